The highest BCUT2D eigenvalue weighted by molar-refractivity contribution is 8.15. The lowest BCUT2D eigenvalue weighted by Crippen LogP contribution is -2.36. The minimum atomic E-state index is -4.61. The van der Waals surface area contributed by atoms with Gasteiger partial charge in [-0.2, -0.15) is 13.2 Å². The number of nitrogens with one attached hydrogen (secondary N) is 1. The third-order valence-electron chi connectivity index (χ3n) is 4.83. The van der Waals surface area contributed by atoms with Gasteiger partial charge < -0.3 is 5.32 Å². The second kappa shape index (κ2) is 10.2. The van der Waals surface area contributed by atoms with E-state index >= 15 is 0 Å². The second-order valence-corrected chi connectivity index (χ2v) is 9.65. The maximum atomic E-state index is 13.2. The predicted molar refractivity (Wildman–Crippen MR) is 126 cm³/mol. The van der Waals surface area contributed by atoms with E-state index in [1.807, 2.05) is 26.8 Å². The number of hydrogen-bond acceptors (Lipinski definition) is 4. The largest absolute Gasteiger partial charge is 0.418 e. The fraction of sp³-hybridized carbons (Fsp3) is 0.348. The third-order valence-corrected chi connectivity index (χ3v) is 6.41. The topological polar surface area (TPSA) is 61.8 Å². The highest BCUT2D eigenvalue weighted by Crippen LogP contribution is 2.36. The van der Waals surface area contributed by atoms with Gasteiger partial charge in [0, 0.05) is 18.0 Å². The monoisotopic (exact) mass is 497 g/mol. The van der Waals surface area contributed by atoms with Crippen LogP contribution in [0.1, 0.15) is 31.4 Å². The number of amides is 2. The summed E-state index contributed by atoms with van der Waals surface area (Å²) in [6.45, 7) is 6.17. The van der Waals surface area contributed by atoms with Crippen LogP contribution in [-0.4, -0.2) is 33.7 Å². The number of benzene rings is 2. The lowest BCUT2D eigenvalue weighted by atomic mass is 10.1. The number of alkyl halides is 3. The molecule has 176 valence electrons. The summed E-state index contributed by atoms with van der Waals surface area (Å²) < 4.78 is 39.6. The molecular formula is C23H23ClF3N3O2S. The number of para-hydroxylation sites is 1. The van der Waals surface area contributed by atoms with Gasteiger partial charge in [0.2, 0.25) is 11.8 Å². The van der Waals surface area contributed by atoms with E-state index in [9.17, 15) is 22.8 Å². The van der Waals surface area contributed by atoms with Crippen LogP contribution in [0.5, 0.6) is 0 Å². The van der Waals surface area contributed by atoms with E-state index < -0.39 is 22.9 Å². The molecule has 2 aromatic carbocycles. The molecule has 1 aliphatic heterocycles. The molecule has 0 spiro atoms. The Bertz CT molecular complexity index is 1090. The molecule has 1 unspecified atom stereocenters. The van der Waals surface area contributed by atoms with Crippen molar-refractivity contribution < 1.29 is 22.8 Å². The van der Waals surface area contributed by atoms with E-state index in [1.165, 1.54) is 23.1 Å². The van der Waals surface area contributed by atoms with E-state index in [1.54, 1.807) is 12.1 Å². The number of aliphatic imine (C=N–C) groups is 1. The lowest BCUT2D eigenvalue weighted by Gasteiger charge is -2.19. The number of hydrogen-bond donors (Lipinski definition) is 1. The molecule has 33 heavy (non-hydrogen) atoms. The van der Waals surface area contributed by atoms with E-state index in [4.69, 9.17) is 11.6 Å². The molecule has 2 aromatic rings. The average Bonchev–Trinajstić information content (AvgIpc) is 2.98. The molecule has 0 aliphatic carbocycles. The first-order valence-corrected chi connectivity index (χ1v) is 11.5. The molecule has 0 saturated carbocycles. The van der Waals surface area contributed by atoms with Crippen LogP contribution in [0.2, 0.25) is 5.02 Å². The Hall–Kier alpha value is -2.52. The molecule has 10 heteroatoms. The molecule has 1 atom stereocenters. The zero-order valence-corrected chi connectivity index (χ0v) is 19.8. The van der Waals surface area contributed by atoms with Crippen molar-refractivity contribution in [1.82, 2.24) is 4.90 Å². The van der Waals surface area contributed by atoms with Gasteiger partial charge in [-0.1, -0.05) is 55.4 Å². The van der Waals surface area contributed by atoms with E-state index in [-0.39, 0.29) is 23.9 Å². The molecular weight excluding hydrogens is 475 g/mol. The number of halogens is 4. The summed E-state index contributed by atoms with van der Waals surface area (Å²) in [7, 11) is 0. The number of carbonyl (C=O) groups excluding carboxylic acids is 2. The Morgan fingerprint density at radius 3 is 2.58 bits per heavy atom. The van der Waals surface area contributed by atoms with E-state index in [2.05, 4.69) is 10.3 Å². The minimum Gasteiger partial charge on any atom is -0.325 e. The molecule has 1 N–H and O–H groups in total. The van der Waals surface area contributed by atoms with Gasteiger partial charge in [-0.3, -0.25) is 14.5 Å². The molecule has 3 rings (SSSR count). The smallest absolute Gasteiger partial charge is 0.325 e. The van der Waals surface area contributed by atoms with Crippen molar-refractivity contribution in [2.45, 2.75) is 38.6 Å². The van der Waals surface area contributed by atoms with E-state index in [0.717, 1.165) is 23.4 Å². The van der Waals surface area contributed by atoms with Crippen LogP contribution in [-0.2, 0) is 15.8 Å². The third kappa shape index (κ3) is 6.29. The Kier molecular flexibility index (Phi) is 7.74. The minimum absolute atomic E-state index is 0.146. The van der Waals surface area contributed by atoms with Crippen molar-refractivity contribution in [2.75, 3.05) is 11.9 Å². The van der Waals surface area contributed by atoms with Crippen molar-refractivity contribution in [2.24, 2.45) is 10.9 Å². The van der Waals surface area contributed by atoms with Gasteiger partial charge in [0.1, 0.15) is 5.25 Å². The van der Waals surface area contributed by atoms with Gasteiger partial charge in [-0.05, 0) is 42.7 Å². The quantitative estimate of drug-likeness (QED) is 0.510. The van der Waals surface area contributed by atoms with Gasteiger partial charge in [0.05, 0.1) is 16.9 Å². The number of anilines is 1. The van der Waals surface area contributed by atoms with Gasteiger partial charge >= 0.3 is 6.18 Å². The average molecular weight is 498 g/mol. The molecule has 1 fully saturated rings. The number of rotatable bonds is 6. The molecule has 5 nitrogen and oxygen atoms in total. The first kappa shape index (κ1) is 25.1. The number of amidine groups is 1. The predicted octanol–water partition coefficient (Wildman–Crippen LogP) is 6.28. The standard InChI is InChI=1S/C23H23ClF3N3O2S/c1-13(2)12-30-21(32)19(33-22(30)28-15-9-8-14(3)17(24)10-15)11-20(31)29-18-7-5-4-6-16(18)23(25,26)27/h4-10,13,19H,11-12H2,1-3H3,(H,29,31). The highest BCUT2D eigenvalue weighted by Gasteiger charge is 2.40. The normalized spacial score (nSPS) is 17.8. The van der Waals surface area contributed by atoms with Crippen molar-refractivity contribution in [3.63, 3.8) is 0 Å². The fourth-order valence-electron chi connectivity index (χ4n) is 3.23. The van der Waals surface area contributed by atoms with Crippen LogP contribution < -0.4 is 5.32 Å². The molecule has 0 radical (unpaired) electrons. The van der Waals surface area contributed by atoms with Crippen LogP contribution >= 0.6 is 23.4 Å². The lowest BCUT2D eigenvalue weighted by molar-refractivity contribution is -0.137. The van der Waals surface area contributed by atoms with Crippen molar-refractivity contribution in [1.29, 1.82) is 0 Å². The first-order valence-electron chi connectivity index (χ1n) is 10.2. The van der Waals surface area contributed by atoms with Crippen LogP contribution in [0.4, 0.5) is 24.5 Å². The molecule has 1 saturated heterocycles. The molecule has 1 aliphatic rings. The van der Waals surface area contributed by atoms with Gasteiger partial charge in [0.25, 0.3) is 0 Å². The summed E-state index contributed by atoms with van der Waals surface area (Å²) in [5.41, 5.74) is 0.179. The van der Waals surface area contributed by atoms with Crippen LogP contribution in [0, 0.1) is 12.8 Å². The maximum Gasteiger partial charge on any atom is 0.418 e. The van der Waals surface area contributed by atoms with Crippen molar-refractivity contribution in [3.05, 3.63) is 58.6 Å². The number of thioether (sulfide) groups is 1. The maximum absolute atomic E-state index is 13.2. The molecule has 0 bridgehead atoms. The SMILES string of the molecule is Cc1ccc(N=C2SC(CC(=O)Nc3ccccc3C(F)(F)F)C(=O)N2CC(C)C)cc1Cl. The van der Waals surface area contributed by atoms with Gasteiger partial charge in [0.15, 0.2) is 5.17 Å². The summed E-state index contributed by atoms with van der Waals surface area (Å²) in [4.78, 5) is 31.6. The Morgan fingerprint density at radius 2 is 1.94 bits per heavy atom. The summed E-state index contributed by atoms with van der Waals surface area (Å²) in [5.74, 6) is -0.834. The summed E-state index contributed by atoms with van der Waals surface area (Å²) in [6, 6.07) is 10.0. The molecule has 1 heterocycles. The number of carbonyl (C=O) groups is 2. The first-order chi connectivity index (χ1) is 15.5. The van der Waals surface area contributed by atoms with Crippen molar-refractivity contribution in [3.8, 4) is 0 Å². The Balaban J connectivity index is 1.80. The number of aryl methyl sites for hydroxylation is 1. The summed E-state index contributed by atoms with van der Waals surface area (Å²) in [5, 5.41) is 2.48. The van der Waals surface area contributed by atoms with Gasteiger partial charge in [-0.25, -0.2) is 4.99 Å². The number of nitrogens with zero attached hydrogens (tertiary/aromatic N) is 2. The van der Waals surface area contributed by atoms with E-state index in [0.29, 0.717) is 22.4 Å². The Morgan fingerprint density at radius 1 is 1.24 bits per heavy atom. The zero-order valence-electron chi connectivity index (χ0n) is 18.2. The summed E-state index contributed by atoms with van der Waals surface area (Å²) in [6.07, 6.45) is -4.89. The van der Waals surface area contributed by atoms with Gasteiger partial charge in [-0.15, -0.1) is 0 Å². The molecule has 0 aromatic heterocycles. The fourth-order valence-corrected chi connectivity index (χ4v) is 4.57. The Labute approximate surface area is 199 Å². The van der Waals surface area contributed by atoms with Crippen LogP contribution in [0.3, 0.4) is 0 Å². The molecule has 2 amide bonds. The summed E-state index contributed by atoms with van der Waals surface area (Å²) >= 11 is 7.30. The van der Waals surface area contributed by atoms with Crippen LogP contribution in [0.25, 0.3) is 0 Å². The second-order valence-electron chi connectivity index (χ2n) is 8.07. The van der Waals surface area contributed by atoms with Crippen molar-refractivity contribution >= 4 is 51.7 Å². The van der Waals surface area contributed by atoms with Crippen LogP contribution in [0.15, 0.2) is 47.5 Å². The highest BCUT2D eigenvalue weighted by atomic mass is 35.5. The zero-order chi connectivity index (χ0) is 24.3.